The van der Waals surface area contributed by atoms with Gasteiger partial charge in [-0.15, -0.1) is 0 Å². The molecule has 0 radical (unpaired) electrons. The van der Waals surface area contributed by atoms with E-state index in [2.05, 4.69) is 36.3 Å². The van der Waals surface area contributed by atoms with Crippen LogP contribution in [0.15, 0.2) is 83.7 Å². The van der Waals surface area contributed by atoms with Gasteiger partial charge in [-0.2, -0.15) is 5.10 Å². The summed E-state index contributed by atoms with van der Waals surface area (Å²) in [6, 6.07) is 20.3. The minimum absolute atomic E-state index is 0.214. The minimum atomic E-state index is -0.537. The number of hydrazone groups is 1. The summed E-state index contributed by atoms with van der Waals surface area (Å²) < 4.78 is 11.4. The molecular weight excluding hydrogens is 474 g/mol. The maximum atomic E-state index is 13.0. The lowest BCUT2D eigenvalue weighted by atomic mass is 9.96. The van der Waals surface area contributed by atoms with Crippen LogP contribution in [0, 0.1) is 0 Å². The Balaban J connectivity index is 0.00000195. The molecule has 0 N–H and O–H groups in total. The van der Waals surface area contributed by atoms with Gasteiger partial charge in [-0.1, -0.05) is 81.8 Å². The number of ether oxygens (including phenoxy) is 2. The first-order chi connectivity index (χ1) is 18.6. The number of carbonyl (C=O) groups is 1. The molecule has 0 saturated carbocycles. The molecule has 1 aliphatic heterocycles. The number of benzene rings is 2. The Morgan fingerprint density at radius 2 is 1.74 bits per heavy atom. The predicted molar refractivity (Wildman–Crippen MR) is 155 cm³/mol. The molecule has 6 heteroatoms. The summed E-state index contributed by atoms with van der Waals surface area (Å²) in [7, 11) is 1.35. The van der Waals surface area contributed by atoms with Crippen molar-refractivity contribution < 1.29 is 14.3 Å². The highest BCUT2D eigenvalue weighted by atomic mass is 16.5. The van der Waals surface area contributed by atoms with Crippen LogP contribution in [0.4, 0.5) is 0 Å². The van der Waals surface area contributed by atoms with Crippen molar-refractivity contribution in [3.8, 4) is 11.3 Å². The van der Waals surface area contributed by atoms with Gasteiger partial charge >= 0.3 is 5.97 Å². The topological polar surface area (TPSA) is 64.0 Å². The number of hydrogen-bond acceptors (Lipinski definition) is 6. The van der Waals surface area contributed by atoms with Crippen molar-refractivity contribution >= 4 is 23.6 Å². The van der Waals surface area contributed by atoms with Crippen molar-refractivity contribution in [1.82, 2.24) is 9.99 Å². The van der Waals surface area contributed by atoms with Crippen molar-refractivity contribution in [3.05, 3.63) is 101 Å². The van der Waals surface area contributed by atoms with Crippen LogP contribution in [-0.2, 0) is 27.3 Å². The molecule has 0 fully saturated rings. The molecule has 6 nitrogen and oxygen atoms in total. The fourth-order valence-corrected chi connectivity index (χ4v) is 4.30. The third-order valence-electron chi connectivity index (χ3n) is 5.95. The summed E-state index contributed by atoms with van der Waals surface area (Å²) in [5.41, 5.74) is 6.71. The number of carbonyl (C=O) groups excluding carboxylic acids is 1. The highest BCUT2D eigenvalue weighted by Crippen LogP contribution is 2.41. The van der Waals surface area contributed by atoms with Crippen LogP contribution in [0.1, 0.15) is 63.3 Å². The van der Waals surface area contributed by atoms with Crippen LogP contribution in [0.3, 0.4) is 0 Å². The molecule has 0 bridgehead atoms. The van der Waals surface area contributed by atoms with E-state index in [1.165, 1.54) is 12.7 Å². The van der Waals surface area contributed by atoms with Crippen LogP contribution in [0.5, 0.6) is 0 Å². The smallest absolute Gasteiger partial charge is 0.360 e. The first kappa shape index (κ1) is 28.4. The molecule has 3 aromatic rings. The van der Waals surface area contributed by atoms with Crippen molar-refractivity contribution in [2.24, 2.45) is 5.10 Å². The van der Waals surface area contributed by atoms with Gasteiger partial charge in [-0.25, -0.2) is 9.80 Å². The first-order valence-electron chi connectivity index (χ1n) is 13.2. The van der Waals surface area contributed by atoms with Gasteiger partial charge in [0.05, 0.1) is 18.5 Å². The summed E-state index contributed by atoms with van der Waals surface area (Å²) in [4.78, 5) is 17.8. The van der Waals surface area contributed by atoms with E-state index in [1.54, 1.807) is 24.3 Å². The lowest BCUT2D eigenvalue weighted by molar-refractivity contribution is -0.137. The lowest BCUT2D eigenvalue weighted by Gasteiger charge is -2.32. The number of pyridine rings is 1. The minimum Gasteiger partial charge on any atom is -0.486 e. The van der Waals surface area contributed by atoms with Crippen LogP contribution in [0.25, 0.3) is 22.7 Å². The average Bonchev–Trinajstić information content (AvgIpc) is 2.97. The van der Waals surface area contributed by atoms with Crippen LogP contribution < -0.4 is 0 Å². The molecule has 2 heterocycles. The van der Waals surface area contributed by atoms with E-state index in [0.717, 1.165) is 46.5 Å². The van der Waals surface area contributed by atoms with Crippen molar-refractivity contribution in [2.75, 3.05) is 7.11 Å². The van der Waals surface area contributed by atoms with Crippen LogP contribution >= 0.6 is 0 Å². The Kier molecular flexibility index (Phi) is 10.4. The predicted octanol–water partition coefficient (Wildman–Crippen LogP) is 7.47. The second-order valence-electron chi connectivity index (χ2n) is 8.37. The van der Waals surface area contributed by atoms with Gasteiger partial charge in [-0.05, 0) is 43.5 Å². The Hall–Kier alpha value is -4.19. The fraction of sp³-hybridized carbons (Fsp3) is 0.281. The number of rotatable bonds is 8. The SMILES string of the molecule is C/C=N\N1C(C(=O)OC)=C(OCc2ccccc2)c2cnc(-c3cccc(CCC)c3)cc2/C1=C\C.CC. The summed E-state index contributed by atoms with van der Waals surface area (Å²) >= 11 is 0. The third-order valence-corrected chi connectivity index (χ3v) is 5.95. The van der Waals surface area contributed by atoms with E-state index in [0.29, 0.717) is 5.76 Å². The summed E-state index contributed by atoms with van der Waals surface area (Å²) in [5, 5.41) is 6.10. The first-order valence-corrected chi connectivity index (χ1v) is 13.2. The Morgan fingerprint density at radius 1 is 1.00 bits per heavy atom. The number of aryl methyl sites for hydroxylation is 1. The number of aromatic nitrogens is 1. The van der Waals surface area contributed by atoms with Gasteiger partial charge in [0.15, 0.2) is 11.5 Å². The molecule has 0 aliphatic carbocycles. The second-order valence-corrected chi connectivity index (χ2v) is 8.37. The molecule has 1 aliphatic rings. The summed E-state index contributed by atoms with van der Waals surface area (Å²) in [6.45, 7) is 10.2. The summed E-state index contributed by atoms with van der Waals surface area (Å²) in [6.07, 6.45) is 7.44. The molecule has 1 aromatic heterocycles. The molecule has 38 heavy (non-hydrogen) atoms. The Labute approximate surface area is 226 Å². The van der Waals surface area contributed by atoms with E-state index in [4.69, 9.17) is 14.5 Å². The number of methoxy groups -OCH3 is 1. The molecule has 0 unspecified atom stereocenters. The number of esters is 1. The van der Waals surface area contributed by atoms with E-state index < -0.39 is 5.97 Å². The Morgan fingerprint density at radius 3 is 2.39 bits per heavy atom. The molecule has 4 rings (SSSR count). The van der Waals surface area contributed by atoms with Gasteiger partial charge < -0.3 is 9.47 Å². The van der Waals surface area contributed by atoms with Gasteiger partial charge in [-0.3, -0.25) is 4.98 Å². The van der Waals surface area contributed by atoms with Gasteiger partial charge in [0.2, 0.25) is 0 Å². The second kappa shape index (κ2) is 13.9. The average molecular weight is 512 g/mol. The van der Waals surface area contributed by atoms with E-state index in [1.807, 2.05) is 63.2 Å². The highest BCUT2D eigenvalue weighted by Gasteiger charge is 2.35. The normalized spacial score (nSPS) is 13.7. The Bertz CT molecular complexity index is 1330. The standard InChI is InChI=1S/C30H31N3O3.C2H6/c1-5-12-21-15-11-16-23(17-21)26-18-24-25(19-31-26)29(36-20-22-13-9-8-10-14-22)28(30(34)35-4)33(32-7-3)27(24)6-2;1-2/h6-11,13-19H,5,12,20H2,1-4H3;1-2H3/b27-6+,32-7-;. The monoisotopic (exact) mass is 511 g/mol. The van der Waals surface area contributed by atoms with Gasteiger partial charge in [0.1, 0.15) is 6.61 Å². The van der Waals surface area contributed by atoms with Crippen molar-refractivity contribution in [1.29, 1.82) is 0 Å². The lowest BCUT2D eigenvalue weighted by Crippen LogP contribution is -2.29. The zero-order valence-electron chi connectivity index (χ0n) is 23.2. The van der Waals surface area contributed by atoms with E-state index in [9.17, 15) is 4.79 Å². The fourth-order valence-electron chi connectivity index (χ4n) is 4.30. The highest BCUT2D eigenvalue weighted by molar-refractivity contribution is 6.01. The largest absolute Gasteiger partial charge is 0.486 e. The quantitative estimate of drug-likeness (QED) is 0.232. The molecule has 2 aromatic carbocycles. The summed E-state index contributed by atoms with van der Waals surface area (Å²) in [5.74, 6) is -0.152. The molecular formula is C32H37N3O3. The van der Waals surface area contributed by atoms with Crippen LogP contribution in [0.2, 0.25) is 0 Å². The number of fused-ring (bicyclic) bond motifs is 1. The maximum Gasteiger partial charge on any atom is 0.360 e. The molecule has 0 saturated heterocycles. The molecule has 0 atom stereocenters. The zero-order valence-corrected chi connectivity index (χ0v) is 23.2. The zero-order chi connectivity index (χ0) is 27.5. The molecule has 0 amide bonds. The number of nitrogens with zero attached hydrogens (tertiary/aromatic N) is 3. The van der Waals surface area contributed by atoms with Crippen molar-refractivity contribution in [3.63, 3.8) is 0 Å². The van der Waals surface area contributed by atoms with Crippen molar-refractivity contribution in [2.45, 2.75) is 54.1 Å². The molecule has 0 spiro atoms. The van der Waals surface area contributed by atoms with Gasteiger partial charge in [0, 0.05) is 29.1 Å². The maximum absolute atomic E-state index is 13.0. The number of hydrogen-bond donors (Lipinski definition) is 0. The van der Waals surface area contributed by atoms with E-state index >= 15 is 0 Å². The van der Waals surface area contributed by atoms with E-state index in [-0.39, 0.29) is 12.3 Å². The van der Waals surface area contributed by atoms with Gasteiger partial charge in [0.25, 0.3) is 0 Å². The van der Waals surface area contributed by atoms with Crippen LogP contribution in [-0.4, -0.2) is 29.3 Å². The molecule has 198 valence electrons. The number of allylic oxidation sites excluding steroid dienone is 1. The third kappa shape index (κ3) is 6.20.